The first-order chi connectivity index (χ1) is 9.48. The summed E-state index contributed by atoms with van der Waals surface area (Å²) < 4.78 is 27.9. The number of nitrogens with two attached hydrogens (primary N) is 1. The van der Waals surface area contributed by atoms with Crippen molar-refractivity contribution >= 4 is 26.0 Å². The number of sulfonamides is 1. The second-order valence-corrected chi connectivity index (χ2v) is 8.06. The maximum atomic E-state index is 12.7. The van der Waals surface area contributed by atoms with Gasteiger partial charge in [0.2, 0.25) is 10.0 Å². The summed E-state index contributed by atoms with van der Waals surface area (Å²) in [6.45, 7) is 3.10. The fraction of sp³-hybridized carbons (Fsp3) is 0.571. The second kappa shape index (κ2) is 6.56. The van der Waals surface area contributed by atoms with Gasteiger partial charge in [0.15, 0.2) is 0 Å². The lowest BCUT2D eigenvalue weighted by Crippen LogP contribution is -2.49. The Morgan fingerprint density at radius 2 is 2.00 bits per heavy atom. The van der Waals surface area contributed by atoms with Crippen molar-refractivity contribution in [1.82, 2.24) is 4.31 Å². The zero-order valence-corrected chi connectivity index (χ0v) is 14.0. The van der Waals surface area contributed by atoms with E-state index in [1.807, 2.05) is 0 Å². The summed E-state index contributed by atoms with van der Waals surface area (Å²) in [6.07, 6.45) is 2.87. The highest BCUT2D eigenvalue weighted by atomic mass is 79.9. The number of rotatable bonds is 4. The molecule has 0 aromatic heterocycles. The van der Waals surface area contributed by atoms with Gasteiger partial charge in [-0.1, -0.05) is 29.3 Å². The van der Waals surface area contributed by atoms with Crippen LogP contribution in [0.2, 0.25) is 0 Å². The van der Waals surface area contributed by atoms with Gasteiger partial charge in [-0.15, -0.1) is 0 Å². The first-order valence-corrected chi connectivity index (χ1v) is 9.19. The zero-order chi connectivity index (χ0) is 14.8. The van der Waals surface area contributed by atoms with Crippen LogP contribution in [0.4, 0.5) is 0 Å². The van der Waals surface area contributed by atoms with E-state index in [0.717, 1.165) is 23.7 Å². The van der Waals surface area contributed by atoms with Crippen LogP contribution < -0.4 is 5.73 Å². The third-order valence-electron chi connectivity index (χ3n) is 4.04. The van der Waals surface area contributed by atoms with E-state index in [2.05, 4.69) is 22.9 Å². The van der Waals surface area contributed by atoms with Gasteiger partial charge >= 0.3 is 0 Å². The highest BCUT2D eigenvalue weighted by Crippen LogP contribution is 2.30. The Morgan fingerprint density at radius 1 is 1.35 bits per heavy atom. The molecule has 0 bridgehead atoms. The molecule has 2 atom stereocenters. The molecule has 6 heteroatoms. The maximum absolute atomic E-state index is 12.7. The monoisotopic (exact) mass is 360 g/mol. The number of hydrogen-bond donors (Lipinski definition) is 1. The van der Waals surface area contributed by atoms with E-state index >= 15 is 0 Å². The smallest absolute Gasteiger partial charge is 0.243 e. The van der Waals surface area contributed by atoms with Crippen molar-refractivity contribution in [1.29, 1.82) is 0 Å². The molecular formula is C14H21BrN2O2S. The molecule has 0 amide bonds. The minimum absolute atomic E-state index is 0.0812. The molecule has 1 aromatic rings. The number of halogens is 1. The summed E-state index contributed by atoms with van der Waals surface area (Å²) >= 11 is 3.32. The van der Waals surface area contributed by atoms with Crippen LogP contribution in [-0.2, 0) is 10.0 Å². The molecule has 0 radical (unpaired) electrons. The van der Waals surface area contributed by atoms with Gasteiger partial charge in [0.1, 0.15) is 0 Å². The van der Waals surface area contributed by atoms with Crippen LogP contribution in [0.1, 0.15) is 26.2 Å². The molecule has 1 aliphatic heterocycles. The standard InChI is InChI=1S/C14H21BrN2O2S/c1-2-11-7-8-17(13(9-11)10-16)20(18,19)14-5-3-12(15)4-6-14/h3-6,11,13H,2,7-10,16H2,1H3. The lowest BCUT2D eigenvalue weighted by atomic mass is 9.90. The Morgan fingerprint density at radius 3 is 2.55 bits per heavy atom. The van der Waals surface area contributed by atoms with E-state index in [1.165, 1.54) is 0 Å². The molecule has 2 N–H and O–H groups in total. The number of piperidine rings is 1. The minimum Gasteiger partial charge on any atom is -0.329 e. The van der Waals surface area contributed by atoms with E-state index in [1.54, 1.807) is 28.6 Å². The highest BCUT2D eigenvalue weighted by molar-refractivity contribution is 9.10. The Balaban J connectivity index is 2.26. The van der Waals surface area contributed by atoms with Gasteiger partial charge in [-0.3, -0.25) is 0 Å². The van der Waals surface area contributed by atoms with Gasteiger partial charge < -0.3 is 5.73 Å². The lowest BCUT2D eigenvalue weighted by molar-refractivity contribution is 0.197. The topological polar surface area (TPSA) is 63.4 Å². The van der Waals surface area contributed by atoms with Gasteiger partial charge in [-0.2, -0.15) is 4.31 Å². The summed E-state index contributed by atoms with van der Waals surface area (Å²) in [5, 5.41) is 0. The van der Waals surface area contributed by atoms with Gasteiger partial charge in [0, 0.05) is 23.6 Å². The van der Waals surface area contributed by atoms with Gasteiger partial charge in [0.25, 0.3) is 0 Å². The van der Waals surface area contributed by atoms with Crippen molar-refractivity contribution in [3.63, 3.8) is 0 Å². The SMILES string of the molecule is CCC1CCN(S(=O)(=O)c2ccc(Br)cc2)C(CN)C1. The van der Waals surface area contributed by atoms with Crippen molar-refractivity contribution in [2.75, 3.05) is 13.1 Å². The van der Waals surface area contributed by atoms with Crippen LogP contribution in [-0.4, -0.2) is 31.9 Å². The number of hydrogen-bond acceptors (Lipinski definition) is 3. The maximum Gasteiger partial charge on any atom is 0.243 e. The fourth-order valence-electron chi connectivity index (χ4n) is 2.76. The predicted octanol–water partition coefficient (Wildman–Crippen LogP) is 2.59. The predicted molar refractivity (Wildman–Crippen MR) is 83.9 cm³/mol. The van der Waals surface area contributed by atoms with Crippen LogP contribution in [0, 0.1) is 5.92 Å². The first-order valence-electron chi connectivity index (χ1n) is 6.96. The Bertz CT molecular complexity index is 545. The van der Waals surface area contributed by atoms with E-state index in [-0.39, 0.29) is 6.04 Å². The average Bonchev–Trinajstić information content (AvgIpc) is 2.46. The summed E-state index contributed by atoms with van der Waals surface area (Å²) in [4.78, 5) is 0.342. The van der Waals surface area contributed by atoms with E-state index in [9.17, 15) is 8.42 Å². The van der Waals surface area contributed by atoms with Crippen LogP contribution in [0.15, 0.2) is 33.6 Å². The number of nitrogens with zero attached hydrogens (tertiary/aromatic N) is 1. The molecule has 112 valence electrons. The molecule has 2 unspecified atom stereocenters. The van der Waals surface area contributed by atoms with Gasteiger partial charge in [-0.05, 0) is 43.0 Å². The quantitative estimate of drug-likeness (QED) is 0.897. The van der Waals surface area contributed by atoms with E-state index in [4.69, 9.17) is 5.73 Å². The van der Waals surface area contributed by atoms with Crippen molar-refractivity contribution in [2.45, 2.75) is 37.1 Å². The zero-order valence-electron chi connectivity index (χ0n) is 11.6. The molecule has 4 nitrogen and oxygen atoms in total. The lowest BCUT2D eigenvalue weighted by Gasteiger charge is -2.37. The molecule has 2 rings (SSSR count). The van der Waals surface area contributed by atoms with Crippen molar-refractivity contribution < 1.29 is 8.42 Å². The van der Waals surface area contributed by atoms with Crippen molar-refractivity contribution in [3.8, 4) is 0 Å². The Hall–Kier alpha value is -0.430. The van der Waals surface area contributed by atoms with Crippen LogP contribution in [0.3, 0.4) is 0 Å². The Kier molecular flexibility index (Phi) is 5.23. The first kappa shape index (κ1) is 15.9. The number of benzene rings is 1. The Labute approximate surface area is 129 Å². The molecule has 1 heterocycles. The third kappa shape index (κ3) is 3.24. The normalized spacial score (nSPS) is 24.8. The molecule has 1 aromatic carbocycles. The van der Waals surface area contributed by atoms with Crippen molar-refractivity contribution in [3.05, 3.63) is 28.7 Å². The molecule has 20 heavy (non-hydrogen) atoms. The van der Waals surface area contributed by atoms with E-state index in [0.29, 0.717) is 23.9 Å². The third-order valence-corrected chi connectivity index (χ3v) is 6.53. The van der Waals surface area contributed by atoms with Crippen LogP contribution >= 0.6 is 15.9 Å². The molecule has 1 fully saturated rings. The van der Waals surface area contributed by atoms with Crippen LogP contribution in [0.5, 0.6) is 0 Å². The minimum atomic E-state index is -3.44. The second-order valence-electron chi connectivity index (χ2n) is 5.26. The average molecular weight is 361 g/mol. The summed E-state index contributed by atoms with van der Waals surface area (Å²) in [5.41, 5.74) is 5.80. The fourth-order valence-corrected chi connectivity index (χ4v) is 4.68. The van der Waals surface area contributed by atoms with Gasteiger partial charge in [0.05, 0.1) is 4.90 Å². The summed E-state index contributed by atoms with van der Waals surface area (Å²) in [6, 6.07) is 6.70. The molecule has 0 saturated carbocycles. The summed E-state index contributed by atoms with van der Waals surface area (Å²) in [7, 11) is -3.44. The molecular weight excluding hydrogens is 340 g/mol. The van der Waals surface area contributed by atoms with Crippen molar-refractivity contribution in [2.24, 2.45) is 11.7 Å². The summed E-state index contributed by atoms with van der Waals surface area (Å²) in [5.74, 6) is 0.583. The highest BCUT2D eigenvalue weighted by Gasteiger charge is 2.35. The molecule has 0 spiro atoms. The molecule has 0 aliphatic carbocycles. The van der Waals surface area contributed by atoms with E-state index < -0.39 is 10.0 Å². The molecule has 1 aliphatic rings. The van der Waals surface area contributed by atoms with Crippen LogP contribution in [0.25, 0.3) is 0 Å². The van der Waals surface area contributed by atoms with Gasteiger partial charge in [-0.25, -0.2) is 8.42 Å². The largest absolute Gasteiger partial charge is 0.329 e. The molecule has 1 saturated heterocycles.